The molecule has 4 rings (SSSR count). The molecule has 0 radical (unpaired) electrons. The van der Waals surface area contributed by atoms with Crippen LogP contribution in [-0.2, 0) is 33.7 Å². The van der Waals surface area contributed by atoms with E-state index < -0.39 is 17.7 Å². The molecular weight excluding hydrogens is 470 g/mol. The molecule has 37 heavy (non-hydrogen) atoms. The van der Waals surface area contributed by atoms with Gasteiger partial charge in [0, 0.05) is 48.2 Å². The van der Waals surface area contributed by atoms with Crippen LogP contribution in [0.2, 0.25) is 0 Å². The highest BCUT2D eigenvalue weighted by molar-refractivity contribution is 5.92. The minimum absolute atomic E-state index is 0.0682. The van der Waals surface area contributed by atoms with Gasteiger partial charge in [0.1, 0.15) is 5.60 Å². The summed E-state index contributed by atoms with van der Waals surface area (Å²) >= 11 is 0. The van der Waals surface area contributed by atoms with Crippen LogP contribution in [0.1, 0.15) is 39.0 Å². The number of carbonyl (C=O) groups is 3. The van der Waals surface area contributed by atoms with Gasteiger partial charge in [0.25, 0.3) is 0 Å². The van der Waals surface area contributed by atoms with E-state index in [1.54, 1.807) is 44.0 Å². The van der Waals surface area contributed by atoms with Gasteiger partial charge in [-0.1, -0.05) is 18.2 Å². The van der Waals surface area contributed by atoms with Crippen molar-refractivity contribution in [3.8, 4) is 11.3 Å². The maximum absolute atomic E-state index is 13.6. The van der Waals surface area contributed by atoms with E-state index >= 15 is 0 Å². The molecule has 0 aliphatic heterocycles. The molecule has 0 aliphatic carbocycles. The summed E-state index contributed by atoms with van der Waals surface area (Å²) in [7, 11) is 0. The van der Waals surface area contributed by atoms with E-state index in [0.717, 1.165) is 39.8 Å². The molecule has 0 spiro atoms. The summed E-state index contributed by atoms with van der Waals surface area (Å²) in [6, 6.07) is 12.2. The van der Waals surface area contributed by atoms with Gasteiger partial charge in [0.2, 0.25) is 6.41 Å². The molecule has 192 valence electrons. The number of carbonyl (C=O) groups excluding carboxylic acids is 3. The van der Waals surface area contributed by atoms with Crippen LogP contribution in [0.25, 0.3) is 22.2 Å². The van der Waals surface area contributed by atoms with Crippen LogP contribution in [0, 0.1) is 0 Å². The van der Waals surface area contributed by atoms with Crippen molar-refractivity contribution in [3.05, 3.63) is 72.3 Å². The summed E-state index contributed by atoms with van der Waals surface area (Å²) in [5, 5.41) is 8.25. The van der Waals surface area contributed by atoms with Crippen LogP contribution in [0.5, 0.6) is 0 Å². The van der Waals surface area contributed by atoms with Crippen LogP contribution in [0.4, 0.5) is 4.79 Å². The zero-order valence-electron chi connectivity index (χ0n) is 21.5. The number of ether oxygens (including phenoxy) is 1. The second kappa shape index (κ2) is 10.8. The van der Waals surface area contributed by atoms with E-state index in [0.29, 0.717) is 6.54 Å². The largest absolute Gasteiger partial charge is 0.444 e. The lowest BCUT2D eigenvalue weighted by atomic mass is 9.99. The lowest BCUT2D eigenvalue weighted by molar-refractivity contribution is -0.120. The van der Waals surface area contributed by atoms with Crippen LogP contribution in [0.15, 0.2) is 61.1 Å². The fourth-order valence-electron chi connectivity index (χ4n) is 4.28. The molecule has 1 N–H and O–H groups in total. The summed E-state index contributed by atoms with van der Waals surface area (Å²) in [4.78, 5) is 42.0. The molecule has 0 saturated heterocycles. The Balaban J connectivity index is 1.64. The summed E-state index contributed by atoms with van der Waals surface area (Å²) < 4.78 is 8.71. The number of nitrogens with one attached hydrogen (secondary N) is 1. The molecule has 0 aliphatic rings. The number of hydrogen-bond acceptors (Lipinski definition) is 6. The second-order valence-electron chi connectivity index (χ2n) is 9.80. The number of benzene rings is 1. The number of ketones is 1. The first-order valence-corrected chi connectivity index (χ1v) is 12.2. The van der Waals surface area contributed by atoms with E-state index in [9.17, 15) is 14.4 Å². The maximum atomic E-state index is 13.6. The molecule has 0 saturated carbocycles. The number of alkyl carbamates (subject to hydrolysis) is 1. The van der Waals surface area contributed by atoms with Crippen molar-refractivity contribution in [2.75, 3.05) is 0 Å². The monoisotopic (exact) mass is 501 g/mol. The van der Waals surface area contributed by atoms with E-state index in [4.69, 9.17) is 4.74 Å². The highest BCUT2D eigenvalue weighted by atomic mass is 16.6. The molecule has 3 aromatic heterocycles. The molecule has 1 atom stereocenters. The van der Waals surface area contributed by atoms with E-state index in [1.165, 1.54) is 4.57 Å². The minimum Gasteiger partial charge on any atom is -0.444 e. The van der Waals surface area contributed by atoms with Crippen LogP contribution >= 0.6 is 0 Å². The fourth-order valence-corrected chi connectivity index (χ4v) is 4.28. The number of Topliss-reactive ketones (excluding diaryl/α,β-unsaturated/α-hetero) is 1. The standard InChI is InChI=1S/C28H31N5O4/c1-5-33-21(15-23(31-33)19-10-12-29-13-11-19)16-26(35)24(30-27(36)37-28(2,3)4)14-20-17-32(18-34)25-9-7-6-8-22(20)25/h6-13,15,17-18,24H,5,14,16H2,1-4H3,(H,30,36)/t24-/m0/s1. The first-order valence-electron chi connectivity index (χ1n) is 12.2. The van der Waals surface area contributed by atoms with Gasteiger partial charge < -0.3 is 10.1 Å². The van der Waals surface area contributed by atoms with Crippen molar-refractivity contribution in [2.24, 2.45) is 0 Å². The second-order valence-corrected chi connectivity index (χ2v) is 9.80. The summed E-state index contributed by atoms with van der Waals surface area (Å²) in [5.41, 5.74) is 3.19. The Morgan fingerprint density at radius 3 is 2.54 bits per heavy atom. The molecule has 1 amide bonds. The zero-order chi connectivity index (χ0) is 26.6. The quantitative estimate of drug-likeness (QED) is 0.344. The molecular formula is C28H31N5O4. The van der Waals surface area contributed by atoms with Crippen molar-refractivity contribution in [3.63, 3.8) is 0 Å². The average Bonchev–Trinajstić information content (AvgIpc) is 3.44. The van der Waals surface area contributed by atoms with Gasteiger partial charge in [-0.15, -0.1) is 0 Å². The number of aryl methyl sites for hydroxylation is 1. The average molecular weight is 502 g/mol. The third-order valence-corrected chi connectivity index (χ3v) is 5.93. The highest BCUT2D eigenvalue weighted by Gasteiger charge is 2.27. The molecule has 3 heterocycles. The summed E-state index contributed by atoms with van der Waals surface area (Å²) in [6.45, 7) is 7.84. The lowest BCUT2D eigenvalue weighted by Gasteiger charge is -2.23. The van der Waals surface area contributed by atoms with Crippen molar-refractivity contribution in [1.82, 2.24) is 24.6 Å². The van der Waals surface area contributed by atoms with Gasteiger partial charge in [-0.05, 0) is 57.5 Å². The Kier molecular flexibility index (Phi) is 7.52. The predicted octanol–water partition coefficient (Wildman–Crippen LogP) is 4.21. The van der Waals surface area contributed by atoms with Crippen molar-refractivity contribution in [2.45, 2.75) is 58.7 Å². The third kappa shape index (κ3) is 6.11. The molecule has 9 nitrogen and oxygen atoms in total. The van der Waals surface area contributed by atoms with Gasteiger partial charge in [-0.3, -0.25) is 23.8 Å². The predicted molar refractivity (Wildman–Crippen MR) is 141 cm³/mol. The summed E-state index contributed by atoms with van der Waals surface area (Å²) in [5.74, 6) is -0.190. The first kappa shape index (κ1) is 25.8. The number of fused-ring (bicyclic) bond motifs is 1. The molecule has 1 aromatic carbocycles. The fraction of sp³-hybridized carbons (Fsp3) is 0.321. The number of aromatic nitrogens is 4. The summed E-state index contributed by atoms with van der Waals surface area (Å²) in [6.07, 6.45) is 5.42. The Labute approximate surface area is 215 Å². The molecule has 0 fully saturated rings. The number of rotatable bonds is 9. The number of amides is 1. The number of pyridine rings is 1. The Hall–Kier alpha value is -4.27. The minimum atomic E-state index is -0.870. The lowest BCUT2D eigenvalue weighted by Crippen LogP contribution is -2.45. The van der Waals surface area contributed by atoms with Crippen LogP contribution in [-0.4, -0.2) is 49.3 Å². The van der Waals surface area contributed by atoms with Gasteiger partial charge in [-0.25, -0.2) is 4.79 Å². The van der Waals surface area contributed by atoms with Crippen molar-refractivity contribution < 1.29 is 19.1 Å². The van der Waals surface area contributed by atoms with E-state index in [1.807, 2.05) is 49.4 Å². The van der Waals surface area contributed by atoms with Crippen molar-refractivity contribution >= 4 is 29.2 Å². The molecule has 0 unspecified atom stereocenters. The van der Waals surface area contributed by atoms with E-state index in [2.05, 4.69) is 15.4 Å². The Morgan fingerprint density at radius 1 is 1.14 bits per heavy atom. The SMILES string of the molecule is CCn1nc(-c2ccncc2)cc1CC(=O)[C@H](Cc1cn(C=O)c2ccccc12)NC(=O)OC(C)(C)C. The van der Waals surface area contributed by atoms with Gasteiger partial charge in [0.15, 0.2) is 5.78 Å². The topological polar surface area (TPSA) is 108 Å². The highest BCUT2D eigenvalue weighted by Crippen LogP contribution is 2.23. The third-order valence-electron chi connectivity index (χ3n) is 5.93. The smallest absolute Gasteiger partial charge is 0.408 e. The Bertz CT molecular complexity index is 1420. The van der Waals surface area contributed by atoms with E-state index in [-0.39, 0.29) is 18.6 Å². The van der Waals surface area contributed by atoms with Crippen molar-refractivity contribution in [1.29, 1.82) is 0 Å². The number of nitrogens with zero attached hydrogens (tertiary/aromatic N) is 4. The maximum Gasteiger partial charge on any atom is 0.408 e. The normalized spacial score (nSPS) is 12.3. The van der Waals surface area contributed by atoms with Gasteiger partial charge >= 0.3 is 6.09 Å². The van der Waals surface area contributed by atoms with Gasteiger partial charge in [0.05, 0.1) is 23.7 Å². The Morgan fingerprint density at radius 2 is 1.86 bits per heavy atom. The molecule has 4 aromatic rings. The first-order chi connectivity index (χ1) is 17.7. The van der Waals surface area contributed by atoms with Crippen LogP contribution < -0.4 is 5.32 Å². The molecule has 0 bridgehead atoms. The number of hydrogen-bond donors (Lipinski definition) is 1. The van der Waals surface area contributed by atoms with Crippen LogP contribution in [0.3, 0.4) is 0 Å². The molecule has 9 heteroatoms. The van der Waals surface area contributed by atoms with Gasteiger partial charge in [-0.2, -0.15) is 5.10 Å². The number of para-hydroxylation sites is 1. The zero-order valence-corrected chi connectivity index (χ0v) is 21.5.